The molecule has 24 heavy (non-hydrogen) atoms. The highest BCUT2D eigenvalue weighted by atomic mass is 32.2. The SMILES string of the molecule is Cc1ccccc1NC(=O)CN1C(=O)Nc2ccccc2S1(=O)=O. The summed E-state index contributed by atoms with van der Waals surface area (Å²) in [5.41, 5.74) is 1.61. The summed E-state index contributed by atoms with van der Waals surface area (Å²) in [5.74, 6) is -0.595. The maximum absolute atomic E-state index is 12.6. The second-order valence-corrected chi connectivity index (χ2v) is 7.13. The van der Waals surface area contributed by atoms with E-state index in [1.54, 1.807) is 24.3 Å². The van der Waals surface area contributed by atoms with Crippen LogP contribution in [-0.4, -0.2) is 31.2 Å². The third kappa shape index (κ3) is 2.83. The van der Waals surface area contributed by atoms with Crippen LogP contribution in [0.2, 0.25) is 0 Å². The van der Waals surface area contributed by atoms with Crippen molar-refractivity contribution in [3.8, 4) is 0 Å². The quantitative estimate of drug-likeness (QED) is 0.891. The van der Waals surface area contributed by atoms with Crippen LogP contribution in [0.5, 0.6) is 0 Å². The average Bonchev–Trinajstić information content (AvgIpc) is 2.54. The first-order chi connectivity index (χ1) is 11.4. The van der Waals surface area contributed by atoms with Crippen LogP contribution in [0.25, 0.3) is 0 Å². The molecule has 124 valence electrons. The molecule has 0 saturated carbocycles. The summed E-state index contributed by atoms with van der Waals surface area (Å²) in [6.45, 7) is 1.22. The molecule has 0 fully saturated rings. The Morgan fingerprint density at radius 1 is 1.12 bits per heavy atom. The number of carbonyl (C=O) groups excluding carboxylic acids is 2. The van der Waals surface area contributed by atoms with E-state index in [0.29, 0.717) is 9.99 Å². The number of sulfonamides is 1. The number of hydrogen-bond acceptors (Lipinski definition) is 4. The number of anilines is 2. The van der Waals surface area contributed by atoms with Gasteiger partial charge in [0.05, 0.1) is 5.69 Å². The van der Waals surface area contributed by atoms with Gasteiger partial charge in [-0.25, -0.2) is 17.5 Å². The van der Waals surface area contributed by atoms with Gasteiger partial charge in [-0.2, -0.15) is 0 Å². The van der Waals surface area contributed by atoms with E-state index in [1.807, 2.05) is 19.1 Å². The summed E-state index contributed by atoms with van der Waals surface area (Å²) in [5, 5.41) is 5.09. The highest BCUT2D eigenvalue weighted by Crippen LogP contribution is 2.29. The number of hydrogen-bond donors (Lipinski definition) is 2. The number of fused-ring (bicyclic) bond motifs is 1. The number of para-hydroxylation sites is 2. The van der Waals surface area contributed by atoms with E-state index in [4.69, 9.17) is 0 Å². The van der Waals surface area contributed by atoms with Crippen LogP contribution in [0.15, 0.2) is 53.4 Å². The maximum Gasteiger partial charge on any atom is 0.336 e. The molecule has 0 bridgehead atoms. The Labute approximate surface area is 139 Å². The molecule has 3 rings (SSSR count). The zero-order valence-electron chi connectivity index (χ0n) is 12.8. The topological polar surface area (TPSA) is 95.6 Å². The van der Waals surface area contributed by atoms with Crippen molar-refractivity contribution in [2.75, 3.05) is 17.2 Å². The summed E-state index contributed by atoms with van der Waals surface area (Å²) < 4.78 is 25.6. The van der Waals surface area contributed by atoms with E-state index < -0.39 is 28.5 Å². The van der Waals surface area contributed by atoms with Gasteiger partial charge in [-0.1, -0.05) is 30.3 Å². The molecule has 0 atom stereocenters. The molecular formula is C16H15N3O4S. The predicted octanol–water partition coefficient (Wildman–Crippen LogP) is 2.17. The monoisotopic (exact) mass is 345 g/mol. The standard InChI is InChI=1S/C16H15N3O4S/c1-11-6-2-3-7-12(11)17-15(20)10-19-16(21)18-13-8-4-5-9-14(13)24(19,22)23/h2-9H,10H2,1H3,(H,17,20)(H,18,21). The molecule has 1 aliphatic heterocycles. The van der Waals surface area contributed by atoms with Gasteiger partial charge in [0.1, 0.15) is 11.4 Å². The van der Waals surface area contributed by atoms with Crippen LogP contribution in [0.1, 0.15) is 5.56 Å². The van der Waals surface area contributed by atoms with Crippen molar-refractivity contribution >= 4 is 33.3 Å². The Morgan fingerprint density at radius 3 is 2.54 bits per heavy atom. The molecule has 0 aromatic heterocycles. The normalized spacial score (nSPS) is 15.4. The fourth-order valence-corrected chi connectivity index (χ4v) is 3.83. The number of carbonyl (C=O) groups is 2. The molecule has 0 radical (unpaired) electrons. The summed E-state index contributed by atoms with van der Waals surface area (Å²) >= 11 is 0. The maximum atomic E-state index is 12.6. The van der Waals surface area contributed by atoms with Gasteiger partial charge in [0.25, 0.3) is 10.0 Å². The van der Waals surface area contributed by atoms with Crippen LogP contribution in [0, 0.1) is 6.92 Å². The molecule has 2 aromatic carbocycles. The Morgan fingerprint density at radius 2 is 1.79 bits per heavy atom. The zero-order valence-corrected chi connectivity index (χ0v) is 13.6. The van der Waals surface area contributed by atoms with Crippen molar-refractivity contribution in [1.29, 1.82) is 0 Å². The highest BCUT2D eigenvalue weighted by Gasteiger charge is 2.37. The number of aryl methyl sites for hydroxylation is 1. The molecule has 2 aromatic rings. The van der Waals surface area contributed by atoms with E-state index in [1.165, 1.54) is 12.1 Å². The first-order valence-corrected chi connectivity index (χ1v) is 8.62. The third-order valence-corrected chi connectivity index (χ3v) is 5.42. The van der Waals surface area contributed by atoms with Crippen molar-refractivity contribution in [1.82, 2.24) is 4.31 Å². The molecule has 1 aliphatic rings. The van der Waals surface area contributed by atoms with Crippen molar-refractivity contribution < 1.29 is 18.0 Å². The molecule has 0 aliphatic carbocycles. The van der Waals surface area contributed by atoms with Crippen LogP contribution < -0.4 is 10.6 Å². The largest absolute Gasteiger partial charge is 0.336 e. The predicted molar refractivity (Wildman–Crippen MR) is 89.2 cm³/mol. The van der Waals surface area contributed by atoms with Crippen LogP contribution in [0.3, 0.4) is 0 Å². The minimum absolute atomic E-state index is 0.0340. The number of benzene rings is 2. The molecule has 0 unspecified atom stereocenters. The average molecular weight is 345 g/mol. The van der Waals surface area contributed by atoms with Gasteiger partial charge >= 0.3 is 6.03 Å². The fourth-order valence-electron chi connectivity index (χ4n) is 2.39. The number of nitrogens with zero attached hydrogens (tertiary/aromatic N) is 1. The lowest BCUT2D eigenvalue weighted by Crippen LogP contribution is -2.47. The molecule has 7 nitrogen and oxygen atoms in total. The zero-order chi connectivity index (χ0) is 17.3. The van der Waals surface area contributed by atoms with E-state index in [0.717, 1.165) is 5.56 Å². The second-order valence-electron chi connectivity index (χ2n) is 5.30. The van der Waals surface area contributed by atoms with Crippen LogP contribution >= 0.6 is 0 Å². The minimum atomic E-state index is -4.07. The van der Waals surface area contributed by atoms with Crippen molar-refractivity contribution in [2.45, 2.75) is 11.8 Å². The van der Waals surface area contributed by atoms with Gasteiger partial charge < -0.3 is 10.6 Å². The Balaban J connectivity index is 1.84. The van der Waals surface area contributed by atoms with Gasteiger partial charge in [-0.15, -0.1) is 0 Å². The lowest BCUT2D eigenvalue weighted by atomic mass is 10.2. The third-order valence-electron chi connectivity index (χ3n) is 3.63. The Bertz CT molecular complexity index is 924. The molecule has 3 amide bonds. The molecule has 0 spiro atoms. The second kappa shape index (κ2) is 5.97. The van der Waals surface area contributed by atoms with Gasteiger partial charge in [-0.05, 0) is 30.7 Å². The number of amides is 3. The van der Waals surface area contributed by atoms with E-state index in [2.05, 4.69) is 10.6 Å². The number of rotatable bonds is 3. The molecular weight excluding hydrogens is 330 g/mol. The minimum Gasteiger partial charge on any atom is -0.324 e. The molecule has 1 heterocycles. The van der Waals surface area contributed by atoms with Crippen LogP contribution in [0.4, 0.5) is 16.2 Å². The van der Waals surface area contributed by atoms with Crippen LogP contribution in [-0.2, 0) is 14.8 Å². The van der Waals surface area contributed by atoms with E-state index >= 15 is 0 Å². The number of urea groups is 1. The lowest BCUT2D eigenvalue weighted by Gasteiger charge is -2.28. The van der Waals surface area contributed by atoms with Gasteiger partial charge in [0, 0.05) is 5.69 Å². The van der Waals surface area contributed by atoms with Crippen molar-refractivity contribution in [2.24, 2.45) is 0 Å². The van der Waals surface area contributed by atoms with Gasteiger partial charge in [0.15, 0.2) is 0 Å². The Hall–Kier alpha value is -2.87. The van der Waals surface area contributed by atoms with E-state index in [-0.39, 0.29) is 10.6 Å². The number of nitrogens with one attached hydrogen (secondary N) is 2. The molecule has 8 heteroatoms. The lowest BCUT2D eigenvalue weighted by molar-refractivity contribution is -0.116. The summed E-state index contributed by atoms with van der Waals surface area (Å²) in [7, 11) is -4.07. The highest BCUT2D eigenvalue weighted by molar-refractivity contribution is 7.90. The summed E-state index contributed by atoms with van der Waals surface area (Å²) in [6, 6.07) is 12.3. The van der Waals surface area contributed by atoms with Crippen molar-refractivity contribution in [3.63, 3.8) is 0 Å². The first-order valence-electron chi connectivity index (χ1n) is 7.18. The first kappa shape index (κ1) is 16.0. The van der Waals surface area contributed by atoms with E-state index in [9.17, 15) is 18.0 Å². The van der Waals surface area contributed by atoms with Gasteiger partial charge in [-0.3, -0.25) is 4.79 Å². The Kier molecular flexibility index (Phi) is 3.98. The smallest absolute Gasteiger partial charge is 0.324 e. The summed E-state index contributed by atoms with van der Waals surface area (Å²) in [4.78, 5) is 24.2. The molecule has 0 saturated heterocycles. The van der Waals surface area contributed by atoms with Crippen molar-refractivity contribution in [3.05, 3.63) is 54.1 Å². The van der Waals surface area contributed by atoms with Gasteiger partial charge in [0.2, 0.25) is 5.91 Å². The summed E-state index contributed by atoms with van der Waals surface area (Å²) in [6.07, 6.45) is 0. The molecule has 2 N–H and O–H groups in total. The fraction of sp³-hybridized carbons (Fsp3) is 0.125.